The average Bonchev–Trinajstić information content (AvgIpc) is 2.95. The van der Waals surface area contributed by atoms with Crippen LogP contribution in [0.5, 0.6) is 0 Å². The van der Waals surface area contributed by atoms with E-state index >= 15 is 0 Å². The van der Waals surface area contributed by atoms with Crippen LogP contribution in [0.1, 0.15) is 26.7 Å². The van der Waals surface area contributed by atoms with E-state index in [0.29, 0.717) is 0 Å². The smallest absolute Gasteiger partial charge is 0.252 e. The fraction of sp³-hybridized carbons (Fsp3) is 0.700. The molecule has 6 nitrogen and oxygen atoms in total. The van der Waals surface area contributed by atoms with Gasteiger partial charge in [0, 0.05) is 0 Å². The molecule has 1 heterocycles. The molecule has 0 unspecified atom stereocenters. The number of piperazine rings is 1. The standard InChI is InChI=1S/C10H16N4O2/c1-10(2)8(16)13-7(15)5-14(10)9(11)12-6-3-4-6/h6H,3-5H2,1-2H3,(H2,11,12)(H,13,15,16). The summed E-state index contributed by atoms with van der Waals surface area (Å²) in [6, 6.07) is 0.274. The van der Waals surface area contributed by atoms with Gasteiger partial charge in [0.25, 0.3) is 5.91 Å². The molecule has 6 heteroatoms. The molecule has 0 aromatic rings. The Kier molecular flexibility index (Phi) is 2.36. The fourth-order valence-corrected chi connectivity index (χ4v) is 1.61. The van der Waals surface area contributed by atoms with E-state index in [0.717, 1.165) is 12.8 Å². The number of aliphatic imine (C=N–C) groups is 1. The predicted octanol–water partition coefficient (Wildman–Crippen LogP) is -0.799. The van der Waals surface area contributed by atoms with Crippen LogP contribution in [0, 0.1) is 0 Å². The molecule has 0 spiro atoms. The third-order valence-corrected chi connectivity index (χ3v) is 2.92. The first kappa shape index (κ1) is 10.9. The summed E-state index contributed by atoms with van der Waals surface area (Å²) in [5, 5.41) is 2.29. The topological polar surface area (TPSA) is 87.8 Å². The average molecular weight is 224 g/mol. The zero-order valence-electron chi connectivity index (χ0n) is 9.49. The molecule has 0 atom stereocenters. The first-order valence-corrected chi connectivity index (χ1v) is 5.36. The lowest BCUT2D eigenvalue weighted by atomic mass is 9.99. The Morgan fingerprint density at radius 2 is 2.12 bits per heavy atom. The molecule has 0 aromatic heterocycles. The molecular weight excluding hydrogens is 208 g/mol. The molecule has 16 heavy (non-hydrogen) atoms. The maximum absolute atomic E-state index is 11.7. The van der Waals surface area contributed by atoms with Gasteiger partial charge in [0.1, 0.15) is 12.1 Å². The molecule has 2 aliphatic rings. The van der Waals surface area contributed by atoms with E-state index in [4.69, 9.17) is 5.73 Å². The number of nitrogens with one attached hydrogen (secondary N) is 1. The van der Waals surface area contributed by atoms with Gasteiger partial charge in [0.05, 0.1) is 6.04 Å². The number of hydrogen-bond donors (Lipinski definition) is 2. The van der Waals surface area contributed by atoms with Crippen molar-refractivity contribution in [3.05, 3.63) is 0 Å². The Labute approximate surface area is 93.9 Å². The molecule has 2 rings (SSSR count). The first-order chi connectivity index (χ1) is 7.41. The van der Waals surface area contributed by atoms with Crippen LogP contribution in [0.2, 0.25) is 0 Å². The Morgan fingerprint density at radius 3 is 2.69 bits per heavy atom. The van der Waals surface area contributed by atoms with Gasteiger partial charge in [0.15, 0.2) is 5.96 Å². The highest BCUT2D eigenvalue weighted by molar-refractivity contribution is 6.06. The zero-order chi connectivity index (χ0) is 11.9. The molecular formula is C10H16N4O2. The van der Waals surface area contributed by atoms with Crippen LogP contribution >= 0.6 is 0 Å². The van der Waals surface area contributed by atoms with Crippen molar-refractivity contribution in [1.29, 1.82) is 0 Å². The van der Waals surface area contributed by atoms with E-state index in [1.807, 2.05) is 0 Å². The van der Waals surface area contributed by atoms with Crippen LogP contribution in [-0.4, -0.2) is 40.8 Å². The SMILES string of the molecule is CC1(C)C(=O)NC(=O)CN1C(N)=NC1CC1. The molecule has 2 fully saturated rings. The quantitative estimate of drug-likeness (QED) is 0.347. The number of carbonyl (C=O) groups is 2. The minimum absolute atomic E-state index is 0.0841. The van der Waals surface area contributed by atoms with Crippen LogP contribution in [-0.2, 0) is 9.59 Å². The number of nitrogens with zero attached hydrogens (tertiary/aromatic N) is 2. The predicted molar refractivity (Wildman–Crippen MR) is 58.6 cm³/mol. The third kappa shape index (κ3) is 1.87. The number of hydrogen-bond acceptors (Lipinski definition) is 3. The van der Waals surface area contributed by atoms with E-state index in [2.05, 4.69) is 10.3 Å². The van der Waals surface area contributed by atoms with Crippen molar-refractivity contribution in [2.75, 3.05) is 6.54 Å². The molecule has 1 saturated carbocycles. The maximum atomic E-state index is 11.7. The van der Waals surface area contributed by atoms with Gasteiger partial charge >= 0.3 is 0 Å². The summed E-state index contributed by atoms with van der Waals surface area (Å²) in [6.45, 7) is 3.54. The van der Waals surface area contributed by atoms with Crippen molar-refractivity contribution in [1.82, 2.24) is 10.2 Å². The highest BCUT2D eigenvalue weighted by Crippen LogP contribution is 2.25. The normalized spacial score (nSPS) is 25.6. The van der Waals surface area contributed by atoms with E-state index < -0.39 is 5.54 Å². The minimum atomic E-state index is -0.823. The third-order valence-electron chi connectivity index (χ3n) is 2.92. The zero-order valence-corrected chi connectivity index (χ0v) is 9.49. The van der Waals surface area contributed by atoms with Crippen molar-refractivity contribution in [2.45, 2.75) is 38.3 Å². The van der Waals surface area contributed by atoms with Crippen LogP contribution < -0.4 is 11.1 Å². The fourth-order valence-electron chi connectivity index (χ4n) is 1.61. The van der Waals surface area contributed by atoms with Crippen molar-refractivity contribution >= 4 is 17.8 Å². The summed E-state index contributed by atoms with van der Waals surface area (Å²) in [5.74, 6) is -0.383. The van der Waals surface area contributed by atoms with Crippen molar-refractivity contribution < 1.29 is 9.59 Å². The van der Waals surface area contributed by atoms with Gasteiger partial charge in [-0.25, -0.2) is 4.99 Å². The van der Waals surface area contributed by atoms with Gasteiger partial charge in [-0.05, 0) is 26.7 Å². The second kappa shape index (κ2) is 3.47. The lowest BCUT2D eigenvalue weighted by molar-refractivity contribution is -0.141. The first-order valence-electron chi connectivity index (χ1n) is 5.36. The van der Waals surface area contributed by atoms with Gasteiger partial charge in [-0.1, -0.05) is 0 Å². The summed E-state index contributed by atoms with van der Waals surface area (Å²) in [4.78, 5) is 28.8. The molecule has 1 aliphatic carbocycles. The molecule has 3 N–H and O–H groups in total. The van der Waals surface area contributed by atoms with E-state index in [-0.39, 0.29) is 30.4 Å². The molecule has 2 amide bonds. The number of guanidine groups is 1. The summed E-state index contributed by atoms with van der Waals surface area (Å²) in [7, 11) is 0. The van der Waals surface area contributed by atoms with Crippen molar-refractivity contribution in [2.24, 2.45) is 10.7 Å². The highest BCUT2D eigenvalue weighted by atomic mass is 16.2. The van der Waals surface area contributed by atoms with Gasteiger partial charge in [-0.15, -0.1) is 0 Å². The Bertz CT molecular complexity index is 371. The van der Waals surface area contributed by atoms with Crippen molar-refractivity contribution in [3.63, 3.8) is 0 Å². The van der Waals surface area contributed by atoms with E-state index in [1.165, 1.54) is 0 Å². The number of amides is 2. The number of carbonyl (C=O) groups excluding carboxylic acids is 2. The molecule has 0 radical (unpaired) electrons. The van der Waals surface area contributed by atoms with Gasteiger partial charge in [0.2, 0.25) is 5.91 Å². The highest BCUT2D eigenvalue weighted by Gasteiger charge is 2.42. The van der Waals surface area contributed by atoms with E-state index in [1.54, 1.807) is 18.7 Å². The van der Waals surface area contributed by atoms with Crippen LogP contribution in [0.3, 0.4) is 0 Å². The van der Waals surface area contributed by atoms with E-state index in [9.17, 15) is 9.59 Å². The second-order valence-corrected chi connectivity index (χ2v) is 4.74. The van der Waals surface area contributed by atoms with Crippen LogP contribution in [0.4, 0.5) is 0 Å². The monoisotopic (exact) mass is 224 g/mol. The van der Waals surface area contributed by atoms with Crippen LogP contribution in [0.25, 0.3) is 0 Å². The lowest BCUT2D eigenvalue weighted by Crippen LogP contribution is -2.66. The molecule has 0 bridgehead atoms. The molecule has 1 aliphatic heterocycles. The van der Waals surface area contributed by atoms with Gasteiger partial charge in [-0.2, -0.15) is 0 Å². The number of nitrogens with two attached hydrogens (primary N) is 1. The Morgan fingerprint density at radius 1 is 1.50 bits per heavy atom. The number of imide groups is 1. The van der Waals surface area contributed by atoms with Crippen molar-refractivity contribution in [3.8, 4) is 0 Å². The summed E-state index contributed by atoms with van der Waals surface area (Å²) in [5.41, 5.74) is 5.01. The van der Waals surface area contributed by atoms with Crippen LogP contribution in [0.15, 0.2) is 4.99 Å². The molecule has 1 saturated heterocycles. The largest absolute Gasteiger partial charge is 0.370 e. The van der Waals surface area contributed by atoms with Gasteiger partial charge < -0.3 is 10.6 Å². The Hall–Kier alpha value is -1.59. The second-order valence-electron chi connectivity index (χ2n) is 4.74. The molecule has 0 aromatic carbocycles. The van der Waals surface area contributed by atoms with Gasteiger partial charge in [-0.3, -0.25) is 14.9 Å². The summed E-state index contributed by atoms with van der Waals surface area (Å²) < 4.78 is 0. The summed E-state index contributed by atoms with van der Waals surface area (Å²) >= 11 is 0. The Balaban J connectivity index is 2.22. The maximum Gasteiger partial charge on any atom is 0.252 e. The minimum Gasteiger partial charge on any atom is -0.370 e. The summed E-state index contributed by atoms with van der Waals surface area (Å²) in [6.07, 6.45) is 2.07. The number of rotatable bonds is 1. The lowest BCUT2D eigenvalue weighted by Gasteiger charge is -2.40. The molecule has 88 valence electrons.